The summed E-state index contributed by atoms with van der Waals surface area (Å²) in [6.07, 6.45) is 8.40. The summed E-state index contributed by atoms with van der Waals surface area (Å²) in [4.78, 5) is 5.23. The predicted octanol–water partition coefficient (Wildman–Crippen LogP) is 2.38. The van der Waals surface area contributed by atoms with E-state index < -0.39 is 0 Å². The van der Waals surface area contributed by atoms with Gasteiger partial charge in [-0.2, -0.15) is 0 Å². The zero-order valence-electron chi connectivity index (χ0n) is 13.9. The van der Waals surface area contributed by atoms with E-state index in [-0.39, 0.29) is 0 Å². The molecule has 2 fully saturated rings. The Kier molecular flexibility index (Phi) is 8.64. The van der Waals surface area contributed by atoms with Crippen LogP contribution in [0, 0.1) is 0 Å². The highest BCUT2D eigenvalue weighted by Crippen LogP contribution is 2.10. The molecule has 4 heteroatoms. The zero-order chi connectivity index (χ0) is 14.8. The van der Waals surface area contributed by atoms with E-state index in [1.807, 2.05) is 0 Å². The molecule has 0 radical (unpaired) electrons. The van der Waals surface area contributed by atoms with Gasteiger partial charge >= 0.3 is 0 Å². The average Bonchev–Trinajstić information content (AvgIpc) is 2.55. The number of hydrogen-bond acceptors (Lipinski definition) is 4. The van der Waals surface area contributed by atoms with Crippen LogP contribution in [-0.4, -0.2) is 75.0 Å². The van der Waals surface area contributed by atoms with Gasteiger partial charge in [0.2, 0.25) is 0 Å². The lowest BCUT2D eigenvalue weighted by Crippen LogP contribution is -2.47. The van der Waals surface area contributed by atoms with Crippen molar-refractivity contribution in [3.63, 3.8) is 0 Å². The lowest BCUT2D eigenvalue weighted by Gasteiger charge is -2.35. The van der Waals surface area contributed by atoms with Crippen molar-refractivity contribution in [1.29, 1.82) is 0 Å². The van der Waals surface area contributed by atoms with Gasteiger partial charge in [-0.15, -0.1) is 0 Å². The number of hydrogen-bond donors (Lipinski definition) is 0. The Balaban J connectivity index is 1.47. The highest BCUT2D eigenvalue weighted by atomic mass is 16.6. The smallest absolute Gasteiger partial charge is 0.0821 e. The molecule has 0 aromatic heterocycles. The highest BCUT2D eigenvalue weighted by molar-refractivity contribution is 4.73. The van der Waals surface area contributed by atoms with Crippen LogP contribution >= 0.6 is 0 Å². The second kappa shape index (κ2) is 10.5. The van der Waals surface area contributed by atoms with Gasteiger partial charge in [-0.3, -0.25) is 0 Å². The van der Waals surface area contributed by atoms with Crippen LogP contribution in [0.2, 0.25) is 0 Å². The van der Waals surface area contributed by atoms with Gasteiger partial charge < -0.3 is 19.3 Å². The Morgan fingerprint density at radius 2 is 1.57 bits per heavy atom. The van der Waals surface area contributed by atoms with Crippen LogP contribution in [0.3, 0.4) is 0 Å². The summed E-state index contributed by atoms with van der Waals surface area (Å²) < 4.78 is 11.2. The van der Waals surface area contributed by atoms with Crippen molar-refractivity contribution in [1.82, 2.24) is 9.80 Å². The lowest BCUT2D eigenvalue weighted by molar-refractivity contribution is -0.0932. The Hall–Kier alpha value is -0.160. The van der Waals surface area contributed by atoms with Gasteiger partial charge in [0.1, 0.15) is 0 Å². The van der Waals surface area contributed by atoms with Crippen LogP contribution in [0.5, 0.6) is 0 Å². The fourth-order valence-electron chi connectivity index (χ4n) is 3.21. The average molecular weight is 298 g/mol. The van der Waals surface area contributed by atoms with Crippen molar-refractivity contribution in [3.8, 4) is 0 Å². The van der Waals surface area contributed by atoms with Crippen LogP contribution in [0.25, 0.3) is 0 Å². The van der Waals surface area contributed by atoms with E-state index >= 15 is 0 Å². The summed E-state index contributed by atoms with van der Waals surface area (Å²) >= 11 is 0. The van der Waals surface area contributed by atoms with Gasteiger partial charge in [0.05, 0.1) is 25.9 Å². The molecule has 1 atom stereocenters. The first-order chi connectivity index (χ1) is 10.4. The molecule has 4 nitrogen and oxygen atoms in total. The first-order valence-electron chi connectivity index (χ1n) is 9.02. The summed E-state index contributed by atoms with van der Waals surface area (Å²) in [5.41, 5.74) is 0. The maximum Gasteiger partial charge on any atom is 0.0821 e. The van der Waals surface area contributed by atoms with E-state index in [0.29, 0.717) is 6.10 Å². The molecule has 0 N–H and O–H groups in total. The minimum Gasteiger partial charge on any atom is -0.376 e. The van der Waals surface area contributed by atoms with Crippen LogP contribution < -0.4 is 0 Å². The maximum absolute atomic E-state index is 5.71. The monoisotopic (exact) mass is 298 g/mol. The molecule has 2 aliphatic rings. The summed E-state index contributed by atoms with van der Waals surface area (Å²) in [7, 11) is 0. The van der Waals surface area contributed by atoms with E-state index in [9.17, 15) is 0 Å². The Morgan fingerprint density at radius 1 is 0.857 bits per heavy atom. The SMILES string of the molecule is CCCCCCCN1CCN(CCC2COCCO2)CC1. The van der Waals surface area contributed by atoms with Crippen molar-refractivity contribution in [2.24, 2.45) is 0 Å². The summed E-state index contributed by atoms with van der Waals surface area (Å²) in [6.45, 7) is 12.0. The third kappa shape index (κ3) is 7.09. The zero-order valence-corrected chi connectivity index (χ0v) is 13.9. The van der Waals surface area contributed by atoms with Crippen LogP contribution in [0.1, 0.15) is 45.4 Å². The summed E-state index contributed by atoms with van der Waals surface area (Å²) in [5, 5.41) is 0. The highest BCUT2D eigenvalue weighted by Gasteiger charge is 2.19. The first kappa shape index (κ1) is 17.2. The third-order valence-electron chi connectivity index (χ3n) is 4.70. The fraction of sp³-hybridized carbons (Fsp3) is 1.00. The molecule has 2 saturated heterocycles. The number of rotatable bonds is 9. The van der Waals surface area contributed by atoms with Gasteiger partial charge in [0.15, 0.2) is 0 Å². The number of unbranched alkanes of at least 4 members (excludes halogenated alkanes) is 4. The van der Waals surface area contributed by atoms with Gasteiger partial charge in [0.25, 0.3) is 0 Å². The van der Waals surface area contributed by atoms with Gasteiger partial charge in [-0.25, -0.2) is 0 Å². The third-order valence-corrected chi connectivity index (χ3v) is 4.70. The standard InChI is InChI=1S/C17H34N2O2/c1-2-3-4-5-6-8-18-10-12-19(13-11-18)9-7-17-16-20-14-15-21-17/h17H,2-16H2,1H3. The van der Waals surface area contributed by atoms with E-state index in [1.54, 1.807) is 0 Å². The Bertz CT molecular complexity index is 249. The van der Waals surface area contributed by atoms with Crippen molar-refractivity contribution in [2.45, 2.75) is 51.6 Å². The van der Waals surface area contributed by atoms with E-state index in [4.69, 9.17) is 9.47 Å². The van der Waals surface area contributed by atoms with Crippen molar-refractivity contribution in [2.75, 3.05) is 59.1 Å². The topological polar surface area (TPSA) is 24.9 Å². The number of nitrogens with zero attached hydrogens (tertiary/aromatic N) is 2. The predicted molar refractivity (Wildman–Crippen MR) is 86.8 cm³/mol. The van der Waals surface area contributed by atoms with Crippen molar-refractivity contribution < 1.29 is 9.47 Å². The Labute approximate surface area is 130 Å². The van der Waals surface area contributed by atoms with E-state index in [1.165, 1.54) is 71.4 Å². The molecule has 0 spiro atoms. The number of piperazine rings is 1. The molecule has 1 unspecified atom stereocenters. The van der Waals surface area contributed by atoms with Gasteiger partial charge in [-0.1, -0.05) is 32.6 Å². The van der Waals surface area contributed by atoms with Crippen molar-refractivity contribution in [3.05, 3.63) is 0 Å². The molecule has 0 bridgehead atoms. The van der Waals surface area contributed by atoms with Crippen molar-refractivity contribution >= 4 is 0 Å². The molecule has 0 saturated carbocycles. The molecular formula is C17H34N2O2. The Morgan fingerprint density at radius 3 is 2.24 bits per heavy atom. The minimum absolute atomic E-state index is 0.329. The summed E-state index contributed by atoms with van der Waals surface area (Å²) in [5.74, 6) is 0. The first-order valence-corrected chi connectivity index (χ1v) is 9.02. The molecule has 2 aliphatic heterocycles. The van der Waals surface area contributed by atoms with Crippen LogP contribution in [0.4, 0.5) is 0 Å². The molecular weight excluding hydrogens is 264 g/mol. The molecule has 124 valence electrons. The maximum atomic E-state index is 5.71. The largest absolute Gasteiger partial charge is 0.376 e. The molecule has 0 amide bonds. The van der Waals surface area contributed by atoms with Gasteiger partial charge in [0, 0.05) is 32.7 Å². The molecule has 2 rings (SSSR count). The molecule has 0 aliphatic carbocycles. The van der Waals surface area contributed by atoms with Crippen LogP contribution in [0.15, 0.2) is 0 Å². The molecule has 0 aromatic carbocycles. The van der Waals surface area contributed by atoms with E-state index in [0.717, 1.165) is 26.2 Å². The number of ether oxygens (including phenoxy) is 2. The van der Waals surface area contributed by atoms with E-state index in [2.05, 4.69) is 16.7 Å². The van der Waals surface area contributed by atoms with Gasteiger partial charge in [-0.05, 0) is 19.4 Å². The second-order valence-electron chi connectivity index (χ2n) is 6.45. The molecule has 2 heterocycles. The molecule has 0 aromatic rings. The second-order valence-corrected chi connectivity index (χ2v) is 6.45. The summed E-state index contributed by atoms with van der Waals surface area (Å²) in [6, 6.07) is 0. The normalized spacial score (nSPS) is 25.3. The fourth-order valence-corrected chi connectivity index (χ4v) is 3.21. The minimum atomic E-state index is 0.329. The lowest BCUT2D eigenvalue weighted by atomic mass is 10.1. The quantitative estimate of drug-likeness (QED) is 0.610. The molecule has 21 heavy (non-hydrogen) atoms. The van der Waals surface area contributed by atoms with Crippen LogP contribution in [-0.2, 0) is 9.47 Å².